The predicted molar refractivity (Wildman–Crippen MR) is 100 cm³/mol. The Balaban J connectivity index is 1.74. The molecular formula is C17H14N4O2S2. The van der Waals surface area contributed by atoms with Crippen LogP contribution in [-0.2, 0) is 11.2 Å². The van der Waals surface area contributed by atoms with E-state index in [1.165, 1.54) is 23.1 Å². The smallest absolute Gasteiger partial charge is 0.252 e. The highest BCUT2D eigenvalue weighted by Crippen LogP contribution is 2.31. The van der Waals surface area contributed by atoms with Crippen molar-refractivity contribution in [2.45, 2.75) is 17.6 Å². The topological polar surface area (TPSA) is 98.6 Å². The van der Waals surface area contributed by atoms with E-state index in [1.54, 1.807) is 6.07 Å². The van der Waals surface area contributed by atoms with Gasteiger partial charge in [-0.15, -0.1) is 0 Å². The third-order valence-electron chi connectivity index (χ3n) is 3.45. The summed E-state index contributed by atoms with van der Waals surface area (Å²) in [7, 11) is 0. The molecule has 8 heteroatoms. The second-order valence-corrected chi connectivity index (χ2v) is 7.52. The zero-order chi connectivity index (χ0) is 17.8. The Labute approximate surface area is 151 Å². The van der Waals surface area contributed by atoms with Crippen molar-refractivity contribution in [2.75, 3.05) is 11.1 Å². The van der Waals surface area contributed by atoms with E-state index in [0.29, 0.717) is 16.4 Å². The summed E-state index contributed by atoms with van der Waals surface area (Å²) in [5.41, 5.74) is 1.66. The lowest BCUT2D eigenvalue weighted by Gasteiger charge is -2.03. The molecule has 1 aromatic carbocycles. The number of aromatic nitrogens is 2. The first-order chi connectivity index (χ1) is 12.1. The number of fused-ring (bicyclic) bond motifs is 1. The quantitative estimate of drug-likeness (QED) is 0.673. The molecule has 2 aromatic heterocycles. The molecule has 0 saturated carbocycles. The first-order valence-corrected chi connectivity index (χ1v) is 9.25. The minimum Gasteiger partial charge on any atom is -0.322 e. The first-order valence-electron chi connectivity index (χ1n) is 7.45. The summed E-state index contributed by atoms with van der Waals surface area (Å²) in [6, 6.07) is 11.2. The van der Waals surface area contributed by atoms with Crippen LogP contribution in [0.2, 0.25) is 0 Å². The van der Waals surface area contributed by atoms with Crippen LogP contribution in [0, 0.1) is 18.3 Å². The number of aromatic amines is 1. The number of pyridine rings is 1. The number of nitrogens with one attached hydrogen (secondary N) is 2. The number of aryl methyl sites for hydroxylation is 1. The van der Waals surface area contributed by atoms with Gasteiger partial charge in [-0.2, -0.15) is 5.26 Å². The second kappa shape index (κ2) is 7.51. The molecule has 2 N–H and O–H groups in total. The SMILES string of the molecule is Cc1nc(NC(=O)Cc2cc3ccccc3[nH]c2=O)sc1SCC#N. The van der Waals surface area contributed by atoms with E-state index < -0.39 is 0 Å². The summed E-state index contributed by atoms with van der Waals surface area (Å²) in [5.74, 6) is 0.0365. The van der Waals surface area contributed by atoms with Gasteiger partial charge in [0.15, 0.2) is 5.13 Å². The average Bonchev–Trinajstić information content (AvgIpc) is 2.92. The van der Waals surface area contributed by atoms with Gasteiger partial charge in [0.05, 0.1) is 28.1 Å². The van der Waals surface area contributed by atoms with E-state index in [4.69, 9.17) is 5.26 Å². The Kier molecular flexibility index (Phi) is 5.16. The van der Waals surface area contributed by atoms with Gasteiger partial charge in [0, 0.05) is 11.1 Å². The maximum Gasteiger partial charge on any atom is 0.252 e. The molecule has 3 aromatic rings. The Morgan fingerprint density at radius 3 is 3.04 bits per heavy atom. The molecule has 2 heterocycles. The number of amides is 1. The number of carbonyl (C=O) groups is 1. The van der Waals surface area contributed by atoms with Gasteiger partial charge in [0.25, 0.3) is 5.56 Å². The van der Waals surface area contributed by atoms with Crippen molar-refractivity contribution in [2.24, 2.45) is 0 Å². The molecule has 0 fully saturated rings. The lowest BCUT2D eigenvalue weighted by Crippen LogP contribution is -2.20. The molecule has 0 unspecified atom stereocenters. The molecule has 0 saturated heterocycles. The third-order valence-corrected chi connectivity index (χ3v) is 5.75. The summed E-state index contributed by atoms with van der Waals surface area (Å²) < 4.78 is 0.903. The normalized spacial score (nSPS) is 10.6. The van der Waals surface area contributed by atoms with Crippen LogP contribution in [0.4, 0.5) is 5.13 Å². The Morgan fingerprint density at radius 1 is 1.44 bits per heavy atom. The van der Waals surface area contributed by atoms with E-state index in [9.17, 15) is 9.59 Å². The van der Waals surface area contributed by atoms with Crippen molar-refractivity contribution in [1.29, 1.82) is 5.26 Å². The molecule has 6 nitrogen and oxygen atoms in total. The van der Waals surface area contributed by atoms with E-state index in [2.05, 4.69) is 21.4 Å². The third kappa shape index (κ3) is 4.07. The molecule has 25 heavy (non-hydrogen) atoms. The first kappa shape index (κ1) is 17.2. The standard InChI is InChI=1S/C17H14N4O2S2/c1-10-16(24-7-6-18)25-17(19-10)21-14(22)9-12-8-11-4-2-3-5-13(11)20-15(12)23/h2-5,8H,7,9H2,1H3,(H,20,23)(H,19,21,22). The van der Waals surface area contributed by atoms with Gasteiger partial charge >= 0.3 is 0 Å². The molecule has 0 aliphatic heterocycles. The Morgan fingerprint density at radius 2 is 2.24 bits per heavy atom. The molecule has 0 spiro atoms. The molecule has 126 valence electrons. The van der Waals surface area contributed by atoms with Crippen LogP contribution in [0.1, 0.15) is 11.3 Å². The number of anilines is 1. The van der Waals surface area contributed by atoms with Crippen LogP contribution in [-0.4, -0.2) is 21.6 Å². The summed E-state index contributed by atoms with van der Waals surface area (Å²) in [6.45, 7) is 1.83. The molecule has 0 atom stereocenters. The van der Waals surface area contributed by atoms with Crippen LogP contribution in [0.3, 0.4) is 0 Å². The highest BCUT2D eigenvalue weighted by molar-refractivity contribution is 8.01. The van der Waals surface area contributed by atoms with Crippen LogP contribution in [0.15, 0.2) is 39.3 Å². The molecule has 3 rings (SSSR count). The predicted octanol–water partition coefficient (Wildman–Crippen LogP) is 3.09. The lowest BCUT2D eigenvalue weighted by atomic mass is 10.1. The van der Waals surface area contributed by atoms with Gasteiger partial charge in [-0.1, -0.05) is 41.3 Å². The maximum absolute atomic E-state index is 12.2. The number of H-pyrrole nitrogens is 1. The zero-order valence-corrected chi connectivity index (χ0v) is 15.0. The van der Waals surface area contributed by atoms with Gasteiger partial charge < -0.3 is 10.3 Å². The Bertz CT molecular complexity index is 1030. The fourth-order valence-corrected chi connectivity index (χ4v) is 4.14. The largest absolute Gasteiger partial charge is 0.322 e. The number of nitrogens with zero attached hydrogens (tertiary/aromatic N) is 2. The van der Waals surface area contributed by atoms with Crippen molar-refractivity contribution in [3.8, 4) is 6.07 Å². The van der Waals surface area contributed by atoms with Crippen LogP contribution >= 0.6 is 23.1 Å². The summed E-state index contributed by atoms with van der Waals surface area (Å²) in [5, 5.41) is 12.7. The highest BCUT2D eigenvalue weighted by Gasteiger charge is 2.13. The average molecular weight is 370 g/mol. The Hall–Kier alpha value is -2.63. The van der Waals surface area contributed by atoms with E-state index >= 15 is 0 Å². The molecule has 0 aliphatic carbocycles. The van der Waals surface area contributed by atoms with Crippen LogP contribution in [0.25, 0.3) is 10.9 Å². The number of hydrogen-bond acceptors (Lipinski definition) is 6. The minimum absolute atomic E-state index is 0.0283. The van der Waals surface area contributed by atoms with Crippen LogP contribution < -0.4 is 10.9 Å². The maximum atomic E-state index is 12.2. The number of rotatable bonds is 5. The highest BCUT2D eigenvalue weighted by atomic mass is 32.2. The molecule has 0 radical (unpaired) electrons. The fraction of sp³-hybridized carbons (Fsp3) is 0.176. The van der Waals surface area contributed by atoms with Gasteiger partial charge in [-0.25, -0.2) is 4.98 Å². The summed E-state index contributed by atoms with van der Waals surface area (Å²) in [4.78, 5) is 31.4. The van der Waals surface area contributed by atoms with E-state index in [1.807, 2.05) is 31.2 Å². The van der Waals surface area contributed by atoms with E-state index in [-0.39, 0.29) is 17.9 Å². The number of thiazole rings is 1. The molecule has 1 amide bonds. The summed E-state index contributed by atoms with van der Waals surface area (Å²) >= 11 is 2.72. The van der Waals surface area contributed by atoms with Gasteiger partial charge in [0.2, 0.25) is 5.91 Å². The van der Waals surface area contributed by atoms with Crippen LogP contribution in [0.5, 0.6) is 0 Å². The molecule has 0 aliphatic rings. The zero-order valence-electron chi connectivity index (χ0n) is 13.3. The van der Waals surface area contributed by atoms with Gasteiger partial charge in [-0.3, -0.25) is 9.59 Å². The number of nitriles is 1. The number of para-hydroxylation sites is 1. The van der Waals surface area contributed by atoms with Crippen molar-refractivity contribution in [1.82, 2.24) is 9.97 Å². The fourth-order valence-electron chi connectivity index (χ4n) is 2.33. The summed E-state index contributed by atoms with van der Waals surface area (Å²) in [6.07, 6.45) is -0.0283. The number of carbonyl (C=O) groups excluding carboxylic acids is 1. The van der Waals surface area contributed by atoms with Crippen molar-refractivity contribution < 1.29 is 4.79 Å². The second-order valence-electron chi connectivity index (χ2n) is 5.27. The van der Waals surface area contributed by atoms with Gasteiger partial charge in [0.1, 0.15) is 0 Å². The van der Waals surface area contributed by atoms with Crippen molar-refractivity contribution >= 4 is 45.0 Å². The number of benzene rings is 1. The lowest BCUT2D eigenvalue weighted by molar-refractivity contribution is -0.115. The van der Waals surface area contributed by atoms with E-state index in [0.717, 1.165) is 20.8 Å². The molecule has 0 bridgehead atoms. The van der Waals surface area contributed by atoms with Crippen molar-refractivity contribution in [3.63, 3.8) is 0 Å². The molecular weight excluding hydrogens is 356 g/mol. The monoisotopic (exact) mass is 370 g/mol. The minimum atomic E-state index is -0.300. The van der Waals surface area contributed by atoms with Gasteiger partial charge in [-0.05, 0) is 24.4 Å². The number of hydrogen-bond donors (Lipinski definition) is 2. The number of thioether (sulfide) groups is 1. The van der Waals surface area contributed by atoms with Crippen molar-refractivity contribution in [3.05, 3.63) is 51.9 Å².